The molecule has 0 radical (unpaired) electrons. The number of hydrogen-bond donors (Lipinski definition) is 1. The minimum Gasteiger partial charge on any atom is -0.390 e. The Morgan fingerprint density at radius 3 is 2.57 bits per heavy atom. The van der Waals surface area contributed by atoms with E-state index in [1.807, 2.05) is 31.1 Å². The Hall–Kier alpha value is -3.23. The zero-order chi connectivity index (χ0) is 17.0. The van der Waals surface area contributed by atoms with Crippen LogP contribution in [0.15, 0.2) is 35.6 Å². The molecule has 1 aromatic heterocycles. The summed E-state index contributed by atoms with van der Waals surface area (Å²) in [4.78, 5) is 27.6. The topological polar surface area (TPSA) is 106 Å². The molecule has 1 N–H and O–H groups in total. The lowest BCUT2D eigenvalue weighted by Gasteiger charge is -2.12. The van der Waals surface area contributed by atoms with Crippen molar-refractivity contribution in [2.24, 2.45) is 12.1 Å². The van der Waals surface area contributed by atoms with Crippen LogP contribution in [-0.2, 0) is 7.05 Å². The Balaban J connectivity index is 2.02. The average molecular weight is 316 g/mol. The van der Waals surface area contributed by atoms with E-state index < -0.39 is 4.92 Å². The van der Waals surface area contributed by atoms with Crippen LogP contribution >= 0.6 is 0 Å². The highest BCUT2D eigenvalue weighted by molar-refractivity contribution is 5.95. The van der Waals surface area contributed by atoms with Gasteiger partial charge in [-0.1, -0.05) is 4.98 Å². The number of hydrazone groups is 1. The molecule has 23 heavy (non-hydrogen) atoms. The lowest BCUT2D eigenvalue weighted by Crippen LogP contribution is -2.18. The van der Waals surface area contributed by atoms with Crippen molar-refractivity contribution in [2.45, 2.75) is 0 Å². The van der Waals surface area contributed by atoms with Crippen molar-refractivity contribution >= 4 is 23.8 Å². The van der Waals surface area contributed by atoms with Crippen LogP contribution in [0, 0.1) is 10.1 Å². The van der Waals surface area contributed by atoms with E-state index in [0.717, 1.165) is 5.69 Å². The summed E-state index contributed by atoms with van der Waals surface area (Å²) in [5.74, 6) is -0.666. The summed E-state index contributed by atoms with van der Waals surface area (Å²) in [5, 5.41) is 14.5. The van der Waals surface area contributed by atoms with Crippen LogP contribution in [0.3, 0.4) is 0 Å². The number of rotatable bonds is 5. The van der Waals surface area contributed by atoms with Gasteiger partial charge in [-0.15, -0.1) is 0 Å². The number of imidazole rings is 1. The number of nitrogens with one attached hydrogen (secondary N) is 1. The molecule has 1 heterocycles. The first-order chi connectivity index (χ1) is 10.9. The van der Waals surface area contributed by atoms with Crippen LogP contribution in [0.5, 0.6) is 0 Å². The summed E-state index contributed by atoms with van der Waals surface area (Å²) in [6.45, 7) is 0. The predicted octanol–water partition coefficient (Wildman–Crippen LogP) is 1.16. The van der Waals surface area contributed by atoms with E-state index >= 15 is 0 Å². The highest BCUT2D eigenvalue weighted by Gasteiger charge is 2.15. The molecule has 0 fully saturated rings. The van der Waals surface area contributed by atoms with Gasteiger partial charge in [0, 0.05) is 25.3 Å². The number of hydrogen-bond acceptors (Lipinski definition) is 6. The molecule has 1 aromatic carbocycles. The van der Waals surface area contributed by atoms with Crippen molar-refractivity contribution < 1.29 is 9.72 Å². The third-order valence-electron chi connectivity index (χ3n) is 3.17. The fourth-order valence-electron chi connectivity index (χ4n) is 1.83. The second kappa shape index (κ2) is 6.69. The highest BCUT2D eigenvalue weighted by atomic mass is 16.6. The molecular formula is C14H16N6O3. The standard InChI is InChI=1S/C14H16N6O3/c1-18(2)11-6-4-10(5-7-11)13(21)17-16-9-12-8-15-14(19(12)3)20(22)23/h4-9H,1-3H3,(H,17,21). The Kier molecular flexibility index (Phi) is 4.69. The highest BCUT2D eigenvalue weighted by Crippen LogP contribution is 2.12. The first-order valence-electron chi connectivity index (χ1n) is 6.67. The molecule has 0 aliphatic heterocycles. The minimum absolute atomic E-state index is 0.294. The molecule has 1 amide bonds. The Morgan fingerprint density at radius 1 is 1.39 bits per heavy atom. The second-order valence-corrected chi connectivity index (χ2v) is 4.94. The monoisotopic (exact) mass is 316 g/mol. The number of nitrogens with zero attached hydrogens (tertiary/aromatic N) is 5. The van der Waals surface area contributed by atoms with Gasteiger partial charge in [0.25, 0.3) is 5.91 Å². The summed E-state index contributed by atoms with van der Waals surface area (Å²) in [6, 6.07) is 7.02. The average Bonchev–Trinajstić information content (AvgIpc) is 2.88. The molecule has 0 unspecified atom stereocenters. The van der Waals surface area contributed by atoms with Crippen molar-refractivity contribution in [1.82, 2.24) is 15.0 Å². The van der Waals surface area contributed by atoms with Gasteiger partial charge in [-0.2, -0.15) is 5.10 Å². The van der Waals surface area contributed by atoms with Crippen molar-refractivity contribution in [2.75, 3.05) is 19.0 Å². The molecule has 0 atom stereocenters. The lowest BCUT2D eigenvalue weighted by atomic mass is 10.2. The molecule has 0 saturated carbocycles. The molecule has 0 spiro atoms. The van der Waals surface area contributed by atoms with Gasteiger partial charge in [0.2, 0.25) is 0 Å². The Morgan fingerprint density at radius 2 is 2.04 bits per heavy atom. The fraction of sp³-hybridized carbons (Fsp3) is 0.214. The number of carbonyl (C=O) groups excluding carboxylic acids is 1. The van der Waals surface area contributed by atoms with Gasteiger partial charge in [0.1, 0.15) is 6.20 Å². The molecule has 2 rings (SSSR count). The van der Waals surface area contributed by atoms with E-state index in [-0.39, 0.29) is 11.9 Å². The molecule has 120 valence electrons. The maximum absolute atomic E-state index is 11.9. The first-order valence-corrected chi connectivity index (χ1v) is 6.67. The number of aromatic nitrogens is 2. The first kappa shape index (κ1) is 16.1. The normalized spacial score (nSPS) is 10.7. The molecule has 0 saturated heterocycles. The van der Waals surface area contributed by atoms with Crippen molar-refractivity contribution in [3.8, 4) is 0 Å². The predicted molar refractivity (Wildman–Crippen MR) is 85.7 cm³/mol. The Bertz CT molecular complexity index is 748. The summed E-state index contributed by atoms with van der Waals surface area (Å²) in [5.41, 5.74) is 4.21. The number of carbonyl (C=O) groups is 1. The van der Waals surface area contributed by atoms with E-state index in [0.29, 0.717) is 11.3 Å². The number of amides is 1. The van der Waals surface area contributed by atoms with Crippen molar-refractivity contribution in [1.29, 1.82) is 0 Å². The fourth-order valence-corrected chi connectivity index (χ4v) is 1.83. The SMILES string of the molecule is CN(C)c1ccc(C(=O)NN=Cc2cnc([N+](=O)[O-])n2C)cc1. The molecular weight excluding hydrogens is 300 g/mol. The van der Waals surface area contributed by atoms with Crippen LogP contribution in [0.4, 0.5) is 11.6 Å². The van der Waals surface area contributed by atoms with Gasteiger partial charge in [0.05, 0.1) is 13.3 Å². The lowest BCUT2D eigenvalue weighted by molar-refractivity contribution is -0.396. The van der Waals surface area contributed by atoms with Crippen LogP contribution in [0.1, 0.15) is 16.1 Å². The van der Waals surface area contributed by atoms with Gasteiger partial charge >= 0.3 is 5.95 Å². The number of anilines is 1. The van der Waals surface area contributed by atoms with Gasteiger partial charge in [0.15, 0.2) is 5.69 Å². The second-order valence-electron chi connectivity index (χ2n) is 4.94. The molecule has 0 aliphatic rings. The van der Waals surface area contributed by atoms with Crippen LogP contribution in [-0.4, -0.2) is 40.7 Å². The van der Waals surface area contributed by atoms with Gasteiger partial charge in [-0.25, -0.2) is 9.99 Å². The number of benzene rings is 1. The zero-order valence-electron chi connectivity index (χ0n) is 12.9. The molecule has 0 bridgehead atoms. The van der Waals surface area contributed by atoms with Gasteiger partial charge in [-0.05, 0) is 29.2 Å². The molecule has 0 aliphatic carbocycles. The maximum Gasteiger partial charge on any atom is 0.434 e. The number of nitro groups is 1. The quantitative estimate of drug-likeness (QED) is 0.506. The van der Waals surface area contributed by atoms with Crippen LogP contribution < -0.4 is 10.3 Å². The third kappa shape index (κ3) is 3.70. The summed E-state index contributed by atoms with van der Waals surface area (Å²) >= 11 is 0. The van der Waals surface area contributed by atoms with Crippen molar-refractivity contribution in [3.63, 3.8) is 0 Å². The smallest absolute Gasteiger partial charge is 0.390 e. The minimum atomic E-state index is -0.595. The van der Waals surface area contributed by atoms with E-state index in [2.05, 4.69) is 15.5 Å². The van der Waals surface area contributed by atoms with Gasteiger partial charge in [-0.3, -0.25) is 4.79 Å². The third-order valence-corrected chi connectivity index (χ3v) is 3.17. The van der Waals surface area contributed by atoms with E-state index in [1.54, 1.807) is 12.1 Å². The van der Waals surface area contributed by atoms with E-state index in [9.17, 15) is 14.9 Å². The zero-order valence-corrected chi connectivity index (χ0v) is 12.9. The maximum atomic E-state index is 11.9. The summed E-state index contributed by atoms with van der Waals surface area (Å²) in [7, 11) is 5.31. The molecule has 2 aromatic rings. The summed E-state index contributed by atoms with van der Waals surface area (Å²) in [6.07, 6.45) is 2.60. The summed E-state index contributed by atoms with van der Waals surface area (Å²) < 4.78 is 1.27. The Labute approximate surface area is 132 Å². The van der Waals surface area contributed by atoms with Crippen molar-refractivity contribution in [3.05, 3.63) is 51.8 Å². The molecule has 9 heteroatoms. The van der Waals surface area contributed by atoms with E-state index in [1.165, 1.54) is 24.0 Å². The largest absolute Gasteiger partial charge is 0.434 e. The molecule has 9 nitrogen and oxygen atoms in total. The van der Waals surface area contributed by atoms with Crippen LogP contribution in [0.25, 0.3) is 0 Å². The van der Waals surface area contributed by atoms with E-state index in [4.69, 9.17) is 0 Å². The van der Waals surface area contributed by atoms with Gasteiger partial charge < -0.3 is 15.0 Å². The van der Waals surface area contributed by atoms with Crippen LogP contribution in [0.2, 0.25) is 0 Å².